The molecule has 0 atom stereocenters. The summed E-state index contributed by atoms with van der Waals surface area (Å²) in [6.07, 6.45) is 1.74. The Labute approximate surface area is 94.1 Å². The predicted octanol–water partition coefficient (Wildman–Crippen LogP) is 2.56. The summed E-state index contributed by atoms with van der Waals surface area (Å²) in [4.78, 5) is 14.9. The van der Waals surface area contributed by atoms with Crippen LogP contribution in [0.1, 0.15) is 21.6 Å². The van der Waals surface area contributed by atoms with Crippen LogP contribution in [0.15, 0.2) is 36.5 Å². The van der Waals surface area contributed by atoms with Crippen molar-refractivity contribution in [2.24, 2.45) is 0 Å². The third-order valence-electron chi connectivity index (χ3n) is 2.39. The summed E-state index contributed by atoms with van der Waals surface area (Å²) in [5, 5.41) is 0. The molecule has 0 fully saturated rings. The number of methoxy groups -OCH3 is 1. The van der Waals surface area contributed by atoms with Crippen molar-refractivity contribution < 1.29 is 9.53 Å². The molecule has 0 aliphatic rings. The van der Waals surface area contributed by atoms with Crippen LogP contribution in [0.4, 0.5) is 0 Å². The molecule has 16 heavy (non-hydrogen) atoms. The number of aryl methyl sites for hydroxylation is 1. The molecule has 0 amide bonds. The van der Waals surface area contributed by atoms with Crippen LogP contribution in [0.5, 0.6) is 5.75 Å². The van der Waals surface area contributed by atoms with Crippen molar-refractivity contribution in [2.45, 2.75) is 6.92 Å². The largest absolute Gasteiger partial charge is 0.497 e. The van der Waals surface area contributed by atoms with Crippen LogP contribution in [0, 0.1) is 6.92 Å². The summed E-state index contributed by atoms with van der Waals surface area (Å²) in [7, 11) is 1.59. The number of benzene rings is 1. The fourth-order valence-corrected chi connectivity index (χ4v) is 1.62. The molecular formula is C13H13NO2. The number of rotatable bonds is 3. The molecule has 3 nitrogen and oxygen atoms in total. The van der Waals surface area contributed by atoms with Gasteiger partial charge in [-0.15, -0.1) is 0 Å². The molecule has 3 heteroatoms. The lowest BCUT2D eigenvalue weighted by atomic mass is 10.1. The number of carbonyl (C=O) groups is 1. The Kier molecular flexibility index (Phi) is 2.77. The first-order valence-electron chi connectivity index (χ1n) is 5.04. The zero-order chi connectivity index (χ0) is 11.5. The smallest absolute Gasteiger partial charge is 0.209 e. The number of aromatic nitrogens is 1. The second-order valence-corrected chi connectivity index (χ2v) is 3.65. The number of ether oxygens (including phenoxy) is 1. The molecule has 0 spiro atoms. The van der Waals surface area contributed by atoms with Crippen LogP contribution < -0.4 is 4.74 Å². The van der Waals surface area contributed by atoms with Crippen molar-refractivity contribution in [3.63, 3.8) is 0 Å². The minimum atomic E-state index is -0.0213. The topological polar surface area (TPSA) is 42.1 Å². The molecule has 2 rings (SSSR count). The first-order chi connectivity index (χ1) is 7.70. The van der Waals surface area contributed by atoms with Crippen molar-refractivity contribution in [2.75, 3.05) is 7.11 Å². The Hall–Kier alpha value is -2.03. The second-order valence-electron chi connectivity index (χ2n) is 3.65. The molecular weight excluding hydrogens is 202 g/mol. The molecule has 0 saturated heterocycles. The number of nitrogens with one attached hydrogen (secondary N) is 1. The molecule has 0 aliphatic heterocycles. The maximum Gasteiger partial charge on any atom is 0.209 e. The van der Waals surface area contributed by atoms with Gasteiger partial charge < -0.3 is 9.72 Å². The van der Waals surface area contributed by atoms with Crippen LogP contribution in [0.2, 0.25) is 0 Å². The highest BCUT2D eigenvalue weighted by molar-refractivity contribution is 6.08. The summed E-state index contributed by atoms with van der Waals surface area (Å²) in [5.41, 5.74) is 2.24. The van der Waals surface area contributed by atoms with Crippen molar-refractivity contribution in [1.82, 2.24) is 4.98 Å². The van der Waals surface area contributed by atoms with Gasteiger partial charge in [0.2, 0.25) is 5.78 Å². The van der Waals surface area contributed by atoms with Crippen LogP contribution in [0.25, 0.3) is 0 Å². The third kappa shape index (κ3) is 1.98. The predicted molar refractivity (Wildman–Crippen MR) is 62.0 cm³/mol. The number of ketones is 1. The van der Waals surface area contributed by atoms with Gasteiger partial charge in [-0.3, -0.25) is 4.79 Å². The minimum absolute atomic E-state index is 0.0213. The number of H-pyrrole nitrogens is 1. The van der Waals surface area contributed by atoms with Gasteiger partial charge in [0.25, 0.3) is 0 Å². The average molecular weight is 215 g/mol. The van der Waals surface area contributed by atoms with Gasteiger partial charge in [-0.1, -0.05) is 0 Å². The van der Waals surface area contributed by atoms with Gasteiger partial charge in [0.15, 0.2) is 0 Å². The highest BCUT2D eigenvalue weighted by atomic mass is 16.5. The molecule has 0 bridgehead atoms. The molecule has 1 aromatic carbocycles. The number of carbonyl (C=O) groups excluding carboxylic acids is 1. The summed E-state index contributed by atoms with van der Waals surface area (Å²) in [6.45, 7) is 1.94. The summed E-state index contributed by atoms with van der Waals surface area (Å²) < 4.78 is 5.14. The van der Waals surface area contributed by atoms with E-state index in [9.17, 15) is 4.79 Å². The summed E-state index contributed by atoms with van der Waals surface area (Å²) in [5.74, 6) is 0.682. The van der Waals surface area contributed by atoms with Crippen molar-refractivity contribution in [3.05, 3.63) is 53.3 Å². The summed E-state index contributed by atoms with van der Waals surface area (Å²) >= 11 is 0. The SMILES string of the molecule is COc1cc(C)cc(C(=O)c2ccc[nH]2)c1. The molecule has 1 heterocycles. The maximum atomic E-state index is 12.0. The van der Waals surface area contributed by atoms with Crippen molar-refractivity contribution >= 4 is 5.78 Å². The molecule has 1 aromatic heterocycles. The minimum Gasteiger partial charge on any atom is -0.497 e. The van der Waals surface area contributed by atoms with E-state index in [1.54, 1.807) is 31.5 Å². The standard InChI is InChI=1S/C13H13NO2/c1-9-6-10(8-11(7-9)16-2)13(15)12-4-3-5-14-12/h3-8,14H,1-2H3. The molecule has 2 aromatic rings. The lowest BCUT2D eigenvalue weighted by Crippen LogP contribution is -2.02. The van der Waals surface area contributed by atoms with Crippen molar-refractivity contribution in [3.8, 4) is 5.75 Å². The van der Waals surface area contributed by atoms with E-state index in [4.69, 9.17) is 4.74 Å². The lowest BCUT2D eigenvalue weighted by Gasteiger charge is -2.05. The Morgan fingerprint density at radius 2 is 2.12 bits per heavy atom. The normalized spacial score (nSPS) is 10.1. The molecule has 0 unspecified atom stereocenters. The molecule has 82 valence electrons. The zero-order valence-electron chi connectivity index (χ0n) is 9.28. The molecule has 0 aliphatic carbocycles. The zero-order valence-corrected chi connectivity index (χ0v) is 9.28. The Morgan fingerprint density at radius 1 is 1.31 bits per heavy atom. The Bertz CT molecular complexity index is 501. The summed E-state index contributed by atoms with van der Waals surface area (Å²) in [6, 6.07) is 9.06. The molecule has 0 radical (unpaired) electrons. The Morgan fingerprint density at radius 3 is 2.75 bits per heavy atom. The highest BCUT2D eigenvalue weighted by Crippen LogP contribution is 2.18. The lowest BCUT2D eigenvalue weighted by molar-refractivity contribution is 0.103. The number of hydrogen-bond acceptors (Lipinski definition) is 2. The van der Waals surface area contributed by atoms with E-state index in [-0.39, 0.29) is 5.78 Å². The van der Waals surface area contributed by atoms with Crippen LogP contribution in [0.3, 0.4) is 0 Å². The second kappa shape index (κ2) is 4.23. The van der Waals surface area contributed by atoms with E-state index in [1.807, 2.05) is 19.1 Å². The van der Waals surface area contributed by atoms with E-state index in [1.165, 1.54) is 0 Å². The third-order valence-corrected chi connectivity index (χ3v) is 2.39. The highest BCUT2D eigenvalue weighted by Gasteiger charge is 2.11. The van der Waals surface area contributed by atoms with Crippen LogP contribution in [-0.4, -0.2) is 17.9 Å². The van der Waals surface area contributed by atoms with E-state index in [0.29, 0.717) is 17.0 Å². The van der Waals surface area contributed by atoms with Gasteiger partial charge in [0.05, 0.1) is 12.8 Å². The fraction of sp³-hybridized carbons (Fsp3) is 0.154. The van der Waals surface area contributed by atoms with Gasteiger partial charge in [-0.05, 0) is 42.8 Å². The van der Waals surface area contributed by atoms with E-state index < -0.39 is 0 Å². The van der Waals surface area contributed by atoms with E-state index in [2.05, 4.69) is 4.98 Å². The van der Waals surface area contributed by atoms with Crippen LogP contribution >= 0.6 is 0 Å². The molecule has 1 N–H and O–H groups in total. The first kappa shape index (κ1) is 10.5. The van der Waals surface area contributed by atoms with Crippen LogP contribution in [-0.2, 0) is 0 Å². The average Bonchev–Trinajstić information content (AvgIpc) is 2.80. The number of aromatic amines is 1. The maximum absolute atomic E-state index is 12.0. The Balaban J connectivity index is 2.40. The monoisotopic (exact) mass is 215 g/mol. The first-order valence-corrected chi connectivity index (χ1v) is 5.04. The van der Waals surface area contributed by atoms with Gasteiger partial charge in [-0.25, -0.2) is 0 Å². The van der Waals surface area contributed by atoms with Gasteiger partial charge in [-0.2, -0.15) is 0 Å². The van der Waals surface area contributed by atoms with Gasteiger partial charge in [0.1, 0.15) is 5.75 Å². The molecule has 0 saturated carbocycles. The van der Waals surface area contributed by atoms with E-state index in [0.717, 1.165) is 5.56 Å². The quantitative estimate of drug-likeness (QED) is 0.799. The fourth-order valence-electron chi connectivity index (χ4n) is 1.62. The van der Waals surface area contributed by atoms with E-state index >= 15 is 0 Å². The number of hydrogen-bond donors (Lipinski definition) is 1. The van der Waals surface area contributed by atoms with Gasteiger partial charge >= 0.3 is 0 Å². The van der Waals surface area contributed by atoms with Crippen molar-refractivity contribution in [1.29, 1.82) is 0 Å². The van der Waals surface area contributed by atoms with Gasteiger partial charge in [0, 0.05) is 11.8 Å².